The van der Waals surface area contributed by atoms with Crippen molar-refractivity contribution in [2.24, 2.45) is 5.92 Å². The van der Waals surface area contributed by atoms with Gasteiger partial charge in [0, 0.05) is 24.5 Å². The number of benzene rings is 1. The molecule has 0 bridgehead atoms. The zero-order valence-corrected chi connectivity index (χ0v) is 20.3. The summed E-state index contributed by atoms with van der Waals surface area (Å²) >= 11 is 0. The molecule has 3 fully saturated rings. The number of anilines is 2. The van der Waals surface area contributed by atoms with Gasteiger partial charge in [0.2, 0.25) is 5.91 Å². The minimum absolute atomic E-state index is 0.0272. The Labute approximate surface area is 205 Å². The zero-order valence-electron chi connectivity index (χ0n) is 20.3. The lowest BCUT2D eigenvalue weighted by Gasteiger charge is -2.33. The number of likely N-dealkylation sites (N-methyl/N-ethyl adjacent to an activating group) is 1. The zero-order chi connectivity index (χ0) is 25.0. The second-order valence-corrected chi connectivity index (χ2v) is 9.74. The number of hydrazine groups is 1. The van der Waals surface area contributed by atoms with Crippen molar-refractivity contribution in [3.63, 3.8) is 0 Å². The number of hydrogen-bond acceptors (Lipinski definition) is 7. The monoisotopic (exact) mass is 486 g/mol. The lowest BCUT2D eigenvalue weighted by Crippen LogP contribution is -2.52. The number of hydrogen-bond donors (Lipinski definition) is 3. The van der Waals surface area contributed by atoms with E-state index in [2.05, 4.69) is 27.9 Å². The fourth-order valence-corrected chi connectivity index (χ4v) is 4.80. The molecule has 190 valence electrons. The first-order valence-corrected chi connectivity index (χ1v) is 12.1. The van der Waals surface area contributed by atoms with Crippen molar-refractivity contribution in [3.8, 4) is 0 Å². The van der Waals surface area contributed by atoms with Gasteiger partial charge in [0.1, 0.15) is 5.54 Å². The first-order chi connectivity index (χ1) is 16.8. The summed E-state index contributed by atoms with van der Waals surface area (Å²) in [6, 6.07) is 6.98. The van der Waals surface area contributed by atoms with E-state index in [1.54, 1.807) is 7.05 Å². The highest BCUT2D eigenvalue weighted by molar-refractivity contribution is 6.08. The Morgan fingerprint density at radius 2 is 1.71 bits per heavy atom. The molecule has 11 heteroatoms. The Morgan fingerprint density at radius 3 is 2.37 bits per heavy atom. The Morgan fingerprint density at radius 1 is 1.09 bits per heavy atom. The minimum atomic E-state index is -0.917. The van der Waals surface area contributed by atoms with E-state index in [0.717, 1.165) is 36.6 Å². The van der Waals surface area contributed by atoms with E-state index >= 15 is 0 Å². The van der Waals surface area contributed by atoms with Crippen molar-refractivity contribution in [2.45, 2.75) is 38.1 Å². The van der Waals surface area contributed by atoms with Gasteiger partial charge in [0.15, 0.2) is 0 Å². The SMILES string of the molecule is CC1CCC2(CC1)NC(=O)N(NC(=O)CN(C)CC(=O)Nc1ccc(N3CCOCC3)cc1)C2=O. The number of carbonyl (C=O) groups is 4. The van der Waals surface area contributed by atoms with Crippen molar-refractivity contribution >= 4 is 35.1 Å². The molecule has 2 saturated heterocycles. The van der Waals surface area contributed by atoms with Gasteiger partial charge in [-0.05, 0) is 62.9 Å². The molecule has 1 aromatic carbocycles. The van der Waals surface area contributed by atoms with Crippen LogP contribution in [0.3, 0.4) is 0 Å². The third kappa shape index (κ3) is 5.91. The molecule has 0 aromatic heterocycles. The topological polar surface area (TPSA) is 123 Å². The fourth-order valence-electron chi connectivity index (χ4n) is 4.80. The van der Waals surface area contributed by atoms with E-state index in [-0.39, 0.29) is 19.0 Å². The summed E-state index contributed by atoms with van der Waals surface area (Å²) in [5, 5.41) is 6.37. The van der Waals surface area contributed by atoms with Crippen LogP contribution in [0, 0.1) is 5.92 Å². The largest absolute Gasteiger partial charge is 0.378 e. The molecule has 0 radical (unpaired) electrons. The van der Waals surface area contributed by atoms with E-state index in [1.165, 1.54) is 4.90 Å². The smallest absolute Gasteiger partial charge is 0.344 e. The molecule has 5 amide bonds. The fraction of sp³-hybridized carbons (Fsp3) is 0.583. The maximum atomic E-state index is 12.9. The molecule has 2 aliphatic heterocycles. The van der Waals surface area contributed by atoms with E-state index in [4.69, 9.17) is 4.74 Å². The molecule has 0 unspecified atom stereocenters. The Hall–Kier alpha value is -3.18. The third-order valence-electron chi connectivity index (χ3n) is 6.88. The van der Waals surface area contributed by atoms with Crippen molar-refractivity contribution in [3.05, 3.63) is 24.3 Å². The predicted molar refractivity (Wildman–Crippen MR) is 129 cm³/mol. The maximum absolute atomic E-state index is 12.9. The van der Waals surface area contributed by atoms with E-state index in [0.29, 0.717) is 37.7 Å². The normalized spacial score (nSPS) is 24.6. The second-order valence-electron chi connectivity index (χ2n) is 9.74. The number of carbonyl (C=O) groups excluding carboxylic acids is 4. The van der Waals surface area contributed by atoms with Crippen LogP contribution in [0.15, 0.2) is 24.3 Å². The molecule has 1 aliphatic carbocycles. The molecular weight excluding hydrogens is 452 g/mol. The van der Waals surface area contributed by atoms with Gasteiger partial charge in [-0.3, -0.25) is 24.7 Å². The molecule has 4 rings (SSSR count). The Bertz CT molecular complexity index is 954. The first-order valence-electron chi connectivity index (χ1n) is 12.1. The van der Waals surface area contributed by atoms with Gasteiger partial charge in [0.25, 0.3) is 11.8 Å². The molecule has 0 atom stereocenters. The maximum Gasteiger partial charge on any atom is 0.344 e. The summed E-state index contributed by atoms with van der Waals surface area (Å²) in [4.78, 5) is 53.9. The van der Waals surface area contributed by atoms with Crippen LogP contribution in [0.4, 0.5) is 16.2 Å². The second kappa shape index (κ2) is 10.6. The molecule has 3 aliphatic rings. The third-order valence-corrected chi connectivity index (χ3v) is 6.88. The van der Waals surface area contributed by atoms with E-state index in [1.807, 2.05) is 24.3 Å². The van der Waals surface area contributed by atoms with E-state index < -0.39 is 23.4 Å². The molecule has 1 aromatic rings. The predicted octanol–water partition coefficient (Wildman–Crippen LogP) is 0.925. The number of nitrogens with zero attached hydrogens (tertiary/aromatic N) is 3. The van der Waals surface area contributed by atoms with Crippen LogP contribution < -0.4 is 21.0 Å². The Kier molecular flexibility index (Phi) is 7.56. The van der Waals surface area contributed by atoms with Crippen molar-refractivity contribution < 1.29 is 23.9 Å². The molecule has 1 saturated carbocycles. The van der Waals surface area contributed by atoms with Gasteiger partial charge in [-0.1, -0.05) is 6.92 Å². The summed E-state index contributed by atoms with van der Waals surface area (Å²) in [5.74, 6) is -0.718. The van der Waals surface area contributed by atoms with Crippen molar-refractivity contribution in [1.29, 1.82) is 0 Å². The summed E-state index contributed by atoms with van der Waals surface area (Å²) in [6.45, 7) is 5.03. The summed E-state index contributed by atoms with van der Waals surface area (Å²) in [7, 11) is 1.62. The molecule has 11 nitrogen and oxygen atoms in total. The van der Waals surface area contributed by atoms with Crippen LogP contribution >= 0.6 is 0 Å². The quantitative estimate of drug-likeness (QED) is 0.490. The van der Waals surface area contributed by atoms with Crippen molar-refractivity contribution in [2.75, 3.05) is 56.7 Å². The summed E-state index contributed by atoms with van der Waals surface area (Å²) < 4.78 is 5.37. The molecular formula is C24H34N6O5. The average Bonchev–Trinajstić information content (AvgIpc) is 3.06. The molecule has 1 spiro atoms. The van der Waals surface area contributed by atoms with Gasteiger partial charge in [0.05, 0.1) is 26.3 Å². The van der Waals surface area contributed by atoms with Gasteiger partial charge < -0.3 is 20.3 Å². The van der Waals surface area contributed by atoms with Crippen LogP contribution in [-0.4, -0.2) is 85.6 Å². The van der Waals surface area contributed by atoms with Crippen molar-refractivity contribution in [1.82, 2.24) is 20.7 Å². The highest BCUT2D eigenvalue weighted by Gasteiger charge is 2.52. The van der Waals surface area contributed by atoms with Crippen LogP contribution in [0.25, 0.3) is 0 Å². The highest BCUT2D eigenvalue weighted by atomic mass is 16.5. The lowest BCUT2D eigenvalue weighted by molar-refractivity contribution is -0.140. The number of rotatable bonds is 7. The standard InChI is InChI=1S/C24H34N6O5/c1-17-7-9-24(10-8-17)22(33)30(23(34)26-24)27-21(32)16-28(2)15-20(31)25-18-3-5-19(6-4-18)29-11-13-35-14-12-29/h3-6,17H,7-16H2,1-2H3,(H,25,31)(H,26,34)(H,27,32). The molecule has 35 heavy (non-hydrogen) atoms. The molecule has 2 heterocycles. The minimum Gasteiger partial charge on any atom is -0.378 e. The molecule has 3 N–H and O–H groups in total. The average molecular weight is 487 g/mol. The van der Waals surface area contributed by atoms with Crippen LogP contribution in [0.1, 0.15) is 32.6 Å². The van der Waals surface area contributed by atoms with Gasteiger partial charge in [-0.15, -0.1) is 0 Å². The highest BCUT2D eigenvalue weighted by Crippen LogP contribution is 2.35. The number of ether oxygens (including phenoxy) is 1. The number of amides is 5. The summed E-state index contributed by atoms with van der Waals surface area (Å²) in [5.41, 5.74) is 3.22. The van der Waals surface area contributed by atoms with Gasteiger partial charge >= 0.3 is 6.03 Å². The van der Waals surface area contributed by atoms with E-state index in [9.17, 15) is 19.2 Å². The van der Waals surface area contributed by atoms with Crippen LogP contribution in [0.2, 0.25) is 0 Å². The lowest BCUT2D eigenvalue weighted by atomic mass is 9.77. The summed E-state index contributed by atoms with van der Waals surface area (Å²) in [6.07, 6.45) is 2.83. The Balaban J connectivity index is 1.22. The number of morpholine rings is 1. The first kappa shape index (κ1) is 24.9. The number of nitrogens with one attached hydrogen (secondary N) is 3. The van der Waals surface area contributed by atoms with Crippen LogP contribution in [-0.2, 0) is 19.1 Å². The number of imide groups is 1. The van der Waals surface area contributed by atoms with Gasteiger partial charge in [-0.2, -0.15) is 5.01 Å². The number of urea groups is 1. The van der Waals surface area contributed by atoms with Crippen LogP contribution in [0.5, 0.6) is 0 Å². The van der Waals surface area contributed by atoms with Gasteiger partial charge in [-0.25, -0.2) is 4.79 Å².